The molecule has 0 bridgehead atoms. The summed E-state index contributed by atoms with van der Waals surface area (Å²) in [7, 11) is 0. The van der Waals surface area contributed by atoms with Gasteiger partial charge in [-0.25, -0.2) is 4.98 Å². The molecule has 2 heterocycles. The van der Waals surface area contributed by atoms with Crippen molar-refractivity contribution in [3.05, 3.63) is 53.2 Å². The van der Waals surface area contributed by atoms with Crippen LogP contribution in [-0.4, -0.2) is 18.1 Å². The molecule has 0 fully saturated rings. The fourth-order valence-corrected chi connectivity index (χ4v) is 3.04. The number of anilines is 2. The highest BCUT2D eigenvalue weighted by atomic mass is 15.1. The van der Waals surface area contributed by atoms with E-state index in [1.54, 1.807) is 0 Å². The van der Waals surface area contributed by atoms with Crippen LogP contribution in [0.25, 0.3) is 0 Å². The number of benzene rings is 1. The molecule has 21 heavy (non-hydrogen) atoms. The minimum Gasteiger partial charge on any atom is -0.370 e. The molecule has 1 N–H and O–H groups in total. The van der Waals surface area contributed by atoms with Crippen molar-refractivity contribution in [2.24, 2.45) is 0 Å². The molecule has 1 aliphatic heterocycles. The van der Waals surface area contributed by atoms with Crippen molar-refractivity contribution in [1.29, 1.82) is 0 Å². The third-order valence-corrected chi connectivity index (χ3v) is 4.01. The van der Waals surface area contributed by atoms with E-state index in [0.717, 1.165) is 25.5 Å². The van der Waals surface area contributed by atoms with Gasteiger partial charge in [0.05, 0.1) is 0 Å². The molecule has 0 spiro atoms. The summed E-state index contributed by atoms with van der Waals surface area (Å²) in [5.41, 5.74) is 5.55. The summed E-state index contributed by atoms with van der Waals surface area (Å²) in [6.45, 7) is 7.26. The van der Waals surface area contributed by atoms with E-state index >= 15 is 0 Å². The number of pyridine rings is 1. The van der Waals surface area contributed by atoms with Gasteiger partial charge in [0.15, 0.2) is 0 Å². The maximum absolute atomic E-state index is 4.35. The van der Waals surface area contributed by atoms with Gasteiger partial charge in [-0.15, -0.1) is 0 Å². The number of hydrogen-bond donors (Lipinski definition) is 1. The molecule has 0 aliphatic carbocycles. The monoisotopic (exact) mass is 281 g/mol. The van der Waals surface area contributed by atoms with Gasteiger partial charge < -0.3 is 10.2 Å². The lowest BCUT2D eigenvalue weighted by Gasteiger charge is -2.31. The number of nitrogens with zero attached hydrogens (tertiary/aromatic N) is 2. The Balaban J connectivity index is 1.81. The van der Waals surface area contributed by atoms with Crippen LogP contribution in [0, 0.1) is 6.92 Å². The molecular weight excluding hydrogens is 258 g/mol. The topological polar surface area (TPSA) is 28.2 Å². The van der Waals surface area contributed by atoms with Gasteiger partial charge in [-0.05, 0) is 56.0 Å². The Labute approximate surface area is 127 Å². The molecule has 0 saturated heterocycles. The molecule has 1 aromatic heterocycles. The smallest absolute Gasteiger partial charge is 0.126 e. The average Bonchev–Trinajstić information content (AvgIpc) is 2.48. The predicted molar refractivity (Wildman–Crippen MR) is 89.0 cm³/mol. The zero-order chi connectivity index (χ0) is 14.7. The molecule has 0 amide bonds. The van der Waals surface area contributed by atoms with Crippen molar-refractivity contribution in [2.75, 3.05) is 23.3 Å². The Morgan fingerprint density at radius 3 is 3.00 bits per heavy atom. The van der Waals surface area contributed by atoms with Crippen LogP contribution in [0.3, 0.4) is 0 Å². The highest BCUT2D eigenvalue weighted by Gasteiger charge is 2.17. The van der Waals surface area contributed by atoms with Crippen LogP contribution in [0.4, 0.5) is 11.5 Å². The molecule has 0 unspecified atom stereocenters. The second-order valence-electron chi connectivity index (χ2n) is 5.74. The van der Waals surface area contributed by atoms with Gasteiger partial charge in [-0.1, -0.05) is 17.7 Å². The Hall–Kier alpha value is -2.03. The van der Waals surface area contributed by atoms with Crippen molar-refractivity contribution in [3.63, 3.8) is 0 Å². The maximum atomic E-state index is 4.35. The summed E-state index contributed by atoms with van der Waals surface area (Å²) in [5, 5.41) is 3.28. The van der Waals surface area contributed by atoms with Gasteiger partial charge in [0, 0.05) is 31.5 Å². The molecule has 0 radical (unpaired) electrons. The van der Waals surface area contributed by atoms with E-state index in [1.165, 1.54) is 35.2 Å². The van der Waals surface area contributed by atoms with Crippen LogP contribution >= 0.6 is 0 Å². The second-order valence-corrected chi connectivity index (χ2v) is 5.74. The first-order valence-corrected chi connectivity index (χ1v) is 7.79. The van der Waals surface area contributed by atoms with Crippen molar-refractivity contribution in [2.45, 2.75) is 33.2 Å². The summed E-state index contributed by atoms with van der Waals surface area (Å²) in [4.78, 5) is 6.84. The zero-order valence-corrected chi connectivity index (χ0v) is 12.9. The molecule has 2 aromatic rings. The summed E-state index contributed by atoms with van der Waals surface area (Å²) in [6, 6.07) is 11.1. The first kappa shape index (κ1) is 13.9. The standard InChI is InChI=1S/C18H23N3/c1-3-19-18-12-15(8-9-20-18)13-21-10-4-5-16-11-14(2)6-7-17(16)21/h6-9,11-12H,3-5,10,13H2,1-2H3,(H,19,20). The van der Waals surface area contributed by atoms with E-state index in [1.807, 2.05) is 6.20 Å². The maximum Gasteiger partial charge on any atom is 0.126 e. The van der Waals surface area contributed by atoms with E-state index in [-0.39, 0.29) is 0 Å². The fraction of sp³-hybridized carbons (Fsp3) is 0.389. The molecule has 110 valence electrons. The van der Waals surface area contributed by atoms with Crippen molar-refractivity contribution < 1.29 is 0 Å². The molecule has 1 aromatic carbocycles. The fourth-order valence-electron chi connectivity index (χ4n) is 3.04. The summed E-state index contributed by atoms with van der Waals surface area (Å²) in [6.07, 6.45) is 4.33. The largest absolute Gasteiger partial charge is 0.370 e. The van der Waals surface area contributed by atoms with E-state index in [9.17, 15) is 0 Å². The number of fused-ring (bicyclic) bond motifs is 1. The molecule has 3 heteroatoms. The Bertz CT molecular complexity index is 622. The minimum absolute atomic E-state index is 0.905. The van der Waals surface area contributed by atoms with E-state index in [2.05, 4.69) is 59.4 Å². The molecule has 3 nitrogen and oxygen atoms in total. The van der Waals surface area contributed by atoms with Crippen LogP contribution < -0.4 is 10.2 Å². The van der Waals surface area contributed by atoms with Crippen molar-refractivity contribution in [1.82, 2.24) is 4.98 Å². The van der Waals surface area contributed by atoms with Gasteiger partial charge in [-0.2, -0.15) is 0 Å². The SMILES string of the molecule is CCNc1cc(CN2CCCc3cc(C)ccc32)ccn1. The van der Waals surface area contributed by atoms with Gasteiger partial charge >= 0.3 is 0 Å². The van der Waals surface area contributed by atoms with Crippen LogP contribution in [0.15, 0.2) is 36.5 Å². The number of nitrogens with one attached hydrogen (secondary N) is 1. The van der Waals surface area contributed by atoms with Crippen LogP contribution in [0.2, 0.25) is 0 Å². The van der Waals surface area contributed by atoms with E-state index in [0.29, 0.717) is 0 Å². The third-order valence-electron chi connectivity index (χ3n) is 4.01. The van der Waals surface area contributed by atoms with Crippen molar-refractivity contribution in [3.8, 4) is 0 Å². The molecule has 0 atom stereocenters. The lowest BCUT2D eigenvalue weighted by Crippen LogP contribution is -2.28. The summed E-state index contributed by atoms with van der Waals surface area (Å²) >= 11 is 0. The lowest BCUT2D eigenvalue weighted by atomic mass is 9.99. The number of aryl methyl sites for hydroxylation is 2. The second kappa shape index (κ2) is 6.17. The van der Waals surface area contributed by atoms with Crippen LogP contribution in [0.1, 0.15) is 30.0 Å². The van der Waals surface area contributed by atoms with Crippen LogP contribution in [-0.2, 0) is 13.0 Å². The lowest BCUT2D eigenvalue weighted by molar-refractivity contribution is 0.690. The van der Waals surface area contributed by atoms with Gasteiger partial charge in [0.2, 0.25) is 0 Å². The Kier molecular flexibility index (Phi) is 4.09. The quantitative estimate of drug-likeness (QED) is 0.924. The average molecular weight is 281 g/mol. The molecule has 0 saturated carbocycles. The van der Waals surface area contributed by atoms with Gasteiger partial charge in [0.1, 0.15) is 5.82 Å². The number of rotatable bonds is 4. The van der Waals surface area contributed by atoms with Crippen molar-refractivity contribution >= 4 is 11.5 Å². The Morgan fingerprint density at radius 2 is 2.14 bits per heavy atom. The van der Waals surface area contributed by atoms with Gasteiger partial charge in [-0.3, -0.25) is 0 Å². The Morgan fingerprint density at radius 1 is 1.24 bits per heavy atom. The first-order valence-electron chi connectivity index (χ1n) is 7.79. The molecule has 1 aliphatic rings. The summed E-state index contributed by atoms with van der Waals surface area (Å²) in [5.74, 6) is 0.969. The minimum atomic E-state index is 0.905. The van der Waals surface area contributed by atoms with E-state index in [4.69, 9.17) is 0 Å². The summed E-state index contributed by atoms with van der Waals surface area (Å²) < 4.78 is 0. The number of hydrogen-bond acceptors (Lipinski definition) is 3. The van der Waals surface area contributed by atoms with Gasteiger partial charge in [0.25, 0.3) is 0 Å². The molecular formula is C18H23N3. The highest BCUT2D eigenvalue weighted by Crippen LogP contribution is 2.29. The normalized spacial score (nSPS) is 13.9. The highest BCUT2D eigenvalue weighted by molar-refractivity contribution is 5.57. The van der Waals surface area contributed by atoms with Crippen LogP contribution in [0.5, 0.6) is 0 Å². The predicted octanol–water partition coefficient (Wildman–Crippen LogP) is 3.77. The zero-order valence-electron chi connectivity index (χ0n) is 12.9. The van der Waals surface area contributed by atoms with E-state index < -0.39 is 0 Å². The first-order chi connectivity index (χ1) is 10.3. The molecule has 3 rings (SSSR count). The third kappa shape index (κ3) is 3.18. The number of aromatic nitrogens is 1.